The van der Waals surface area contributed by atoms with Gasteiger partial charge < -0.3 is 10.4 Å². The molecule has 0 spiro atoms. The molecule has 2 heteroatoms. The first-order valence-electron chi connectivity index (χ1n) is 5.67. The molecule has 0 heterocycles. The highest BCUT2D eigenvalue weighted by molar-refractivity contribution is 5.25. The average Bonchev–Trinajstić information content (AvgIpc) is 2.26. The number of benzene rings is 1. The summed E-state index contributed by atoms with van der Waals surface area (Å²) in [6.45, 7) is 5.76. The van der Waals surface area contributed by atoms with Crippen LogP contribution < -0.4 is 5.32 Å². The van der Waals surface area contributed by atoms with Crippen LogP contribution in [0.15, 0.2) is 24.3 Å². The Morgan fingerprint density at radius 2 is 2.07 bits per heavy atom. The summed E-state index contributed by atoms with van der Waals surface area (Å²) in [6.07, 6.45) is 1.64. The molecular weight excluding hydrogens is 186 g/mol. The Kier molecular flexibility index (Phi) is 5.37. The summed E-state index contributed by atoms with van der Waals surface area (Å²) in [6, 6.07) is 8.43. The minimum absolute atomic E-state index is 0.207. The van der Waals surface area contributed by atoms with Crippen molar-refractivity contribution in [3.63, 3.8) is 0 Å². The van der Waals surface area contributed by atoms with Gasteiger partial charge in [-0.25, -0.2) is 0 Å². The summed E-state index contributed by atoms with van der Waals surface area (Å²) in [4.78, 5) is 0. The van der Waals surface area contributed by atoms with Crippen LogP contribution in [0.25, 0.3) is 0 Å². The number of rotatable bonds is 6. The van der Waals surface area contributed by atoms with Gasteiger partial charge in [0.15, 0.2) is 0 Å². The zero-order chi connectivity index (χ0) is 11.1. The van der Waals surface area contributed by atoms with Gasteiger partial charge in [-0.15, -0.1) is 0 Å². The van der Waals surface area contributed by atoms with E-state index in [9.17, 15) is 5.11 Å². The monoisotopic (exact) mass is 207 g/mol. The summed E-state index contributed by atoms with van der Waals surface area (Å²) >= 11 is 0. The molecule has 0 fully saturated rings. The van der Waals surface area contributed by atoms with E-state index in [1.54, 1.807) is 0 Å². The molecular formula is C13H21NO. The van der Waals surface area contributed by atoms with Gasteiger partial charge in [0.25, 0.3) is 0 Å². The predicted octanol–water partition coefficient (Wildman–Crippen LogP) is 1.90. The smallest absolute Gasteiger partial charge is 0.0662 e. The SMILES string of the molecule is CCC(O)CNCCc1ccccc1C. The number of hydrogen-bond acceptors (Lipinski definition) is 2. The Morgan fingerprint density at radius 1 is 1.33 bits per heavy atom. The molecule has 0 aliphatic heterocycles. The van der Waals surface area contributed by atoms with E-state index >= 15 is 0 Å². The van der Waals surface area contributed by atoms with E-state index in [-0.39, 0.29) is 6.10 Å². The number of aliphatic hydroxyl groups is 1. The second kappa shape index (κ2) is 6.59. The van der Waals surface area contributed by atoms with E-state index in [1.165, 1.54) is 11.1 Å². The van der Waals surface area contributed by atoms with Crippen molar-refractivity contribution in [1.82, 2.24) is 5.32 Å². The summed E-state index contributed by atoms with van der Waals surface area (Å²) < 4.78 is 0. The number of aliphatic hydroxyl groups excluding tert-OH is 1. The quantitative estimate of drug-likeness (QED) is 0.698. The molecule has 0 saturated heterocycles. The summed E-state index contributed by atoms with van der Waals surface area (Å²) in [5, 5.41) is 12.6. The Balaban J connectivity index is 2.23. The molecule has 15 heavy (non-hydrogen) atoms. The largest absolute Gasteiger partial charge is 0.392 e. The molecule has 1 atom stereocenters. The van der Waals surface area contributed by atoms with E-state index in [0.29, 0.717) is 6.54 Å². The maximum absolute atomic E-state index is 9.35. The van der Waals surface area contributed by atoms with Crippen LogP contribution in [0.5, 0.6) is 0 Å². The molecule has 0 bridgehead atoms. The highest BCUT2D eigenvalue weighted by Crippen LogP contribution is 2.06. The minimum atomic E-state index is -0.207. The maximum Gasteiger partial charge on any atom is 0.0662 e. The first kappa shape index (κ1) is 12.2. The fourth-order valence-corrected chi connectivity index (χ4v) is 1.53. The van der Waals surface area contributed by atoms with Crippen LogP contribution in [0.1, 0.15) is 24.5 Å². The molecule has 2 nitrogen and oxygen atoms in total. The summed E-state index contributed by atoms with van der Waals surface area (Å²) in [7, 11) is 0. The van der Waals surface area contributed by atoms with Crippen LogP contribution in [0.3, 0.4) is 0 Å². The Hall–Kier alpha value is -0.860. The molecule has 1 unspecified atom stereocenters. The standard InChI is InChI=1S/C13H21NO/c1-3-13(15)10-14-9-8-12-7-5-4-6-11(12)2/h4-7,13-15H,3,8-10H2,1-2H3. The van der Waals surface area contributed by atoms with Crippen LogP contribution in [-0.4, -0.2) is 24.3 Å². The minimum Gasteiger partial charge on any atom is -0.392 e. The van der Waals surface area contributed by atoms with Crippen molar-refractivity contribution in [3.8, 4) is 0 Å². The van der Waals surface area contributed by atoms with Crippen molar-refractivity contribution >= 4 is 0 Å². The van der Waals surface area contributed by atoms with Gasteiger partial charge in [-0.1, -0.05) is 31.2 Å². The molecule has 2 N–H and O–H groups in total. The van der Waals surface area contributed by atoms with Crippen LogP contribution in [-0.2, 0) is 6.42 Å². The molecule has 0 aliphatic rings. The predicted molar refractivity (Wildman–Crippen MR) is 64.1 cm³/mol. The average molecular weight is 207 g/mol. The zero-order valence-electron chi connectivity index (χ0n) is 9.66. The lowest BCUT2D eigenvalue weighted by atomic mass is 10.1. The Labute approximate surface area is 92.3 Å². The van der Waals surface area contributed by atoms with Crippen molar-refractivity contribution in [1.29, 1.82) is 0 Å². The van der Waals surface area contributed by atoms with Crippen LogP contribution in [0.2, 0.25) is 0 Å². The van der Waals surface area contributed by atoms with E-state index in [2.05, 4.69) is 36.5 Å². The van der Waals surface area contributed by atoms with Crippen molar-refractivity contribution in [3.05, 3.63) is 35.4 Å². The fraction of sp³-hybridized carbons (Fsp3) is 0.538. The summed E-state index contributed by atoms with van der Waals surface area (Å²) in [5.41, 5.74) is 2.73. The number of aryl methyl sites for hydroxylation is 1. The lowest BCUT2D eigenvalue weighted by Crippen LogP contribution is -2.27. The molecule has 1 rings (SSSR count). The first-order chi connectivity index (χ1) is 7.24. The highest BCUT2D eigenvalue weighted by atomic mass is 16.3. The normalized spacial score (nSPS) is 12.7. The van der Waals surface area contributed by atoms with Crippen molar-refractivity contribution in [2.75, 3.05) is 13.1 Å². The molecule has 1 aromatic rings. The van der Waals surface area contributed by atoms with Gasteiger partial charge in [-0.2, -0.15) is 0 Å². The van der Waals surface area contributed by atoms with Crippen LogP contribution >= 0.6 is 0 Å². The summed E-state index contributed by atoms with van der Waals surface area (Å²) in [5.74, 6) is 0. The lowest BCUT2D eigenvalue weighted by molar-refractivity contribution is 0.168. The molecule has 0 amide bonds. The van der Waals surface area contributed by atoms with Gasteiger partial charge in [0.1, 0.15) is 0 Å². The third-order valence-electron chi connectivity index (χ3n) is 2.68. The van der Waals surface area contributed by atoms with E-state index < -0.39 is 0 Å². The van der Waals surface area contributed by atoms with E-state index in [0.717, 1.165) is 19.4 Å². The first-order valence-corrected chi connectivity index (χ1v) is 5.67. The number of hydrogen-bond donors (Lipinski definition) is 2. The molecule has 84 valence electrons. The fourth-order valence-electron chi connectivity index (χ4n) is 1.53. The van der Waals surface area contributed by atoms with Gasteiger partial charge >= 0.3 is 0 Å². The van der Waals surface area contributed by atoms with Crippen LogP contribution in [0, 0.1) is 6.92 Å². The van der Waals surface area contributed by atoms with Crippen LogP contribution in [0.4, 0.5) is 0 Å². The third kappa shape index (κ3) is 4.45. The molecule has 0 saturated carbocycles. The highest BCUT2D eigenvalue weighted by Gasteiger charge is 2.00. The molecule has 0 radical (unpaired) electrons. The molecule has 0 aromatic heterocycles. The second-order valence-electron chi connectivity index (χ2n) is 3.94. The zero-order valence-corrected chi connectivity index (χ0v) is 9.66. The lowest BCUT2D eigenvalue weighted by Gasteiger charge is -2.10. The van der Waals surface area contributed by atoms with Crippen molar-refractivity contribution in [2.24, 2.45) is 0 Å². The van der Waals surface area contributed by atoms with E-state index in [4.69, 9.17) is 0 Å². The van der Waals surface area contributed by atoms with E-state index in [1.807, 2.05) is 6.92 Å². The van der Waals surface area contributed by atoms with Crippen molar-refractivity contribution in [2.45, 2.75) is 32.8 Å². The Morgan fingerprint density at radius 3 is 2.73 bits per heavy atom. The maximum atomic E-state index is 9.35. The second-order valence-corrected chi connectivity index (χ2v) is 3.94. The molecule has 0 aliphatic carbocycles. The van der Waals surface area contributed by atoms with Gasteiger partial charge in [0, 0.05) is 6.54 Å². The van der Waals surface area contributed by atoms with Crippen molar-refractivity contribution < 1.29 is 5.11 Å². The topological polar surface area (TPSA) is 32.3 Å². The Bertz CT molecular complexity index is 286. The van der Waals surface area contributed by atoms with Gasteiger partial charge in [0.2, 0.25) is 0 Å². The third-order valence-corrected chi connectivity index (χ3v) is 2.68. The van der Waals surface area contributed by atoms with Gasteiger partial charge in [0.05, 0.1) is 6.10 Å². The molecule has 1 aromatic carbocycles. The van der Waals surface area contributed by atoms with Gasteiger partial charge in [-0.05, 0) is 37.4 Å². The van der Waals surface area contributed by atoms with Gasteiger partial charge in [-0.3, -0.25) is 0 Å². The number of nitrogens with one attached hydrogen (secondary N) is 1.